The van der Waals surface area contributed by atoms with Gasteiger partial charge in [-0.2, -0.15) is 0 Å². The first-order valence-electron chi connectivity index (χ1n) is 7.48. The molecule has 1 heterocycles. The van der Waals surface area contributed by atoms with Crippen LogP contribution < -0.4 is 10.1 Å². The molecule has 22 heavy (non-hydrogen) atoms. The maximum atomic E-state index is 12.3. The Labute approximate surface area is 131 Å². The molecule has 0 aliphatic carbocycles. The summed E-state index contributed by atoms with van der Waals surface area (Å²) in [6, 6.07) is 7.42. The molecule has 2 atom stereocenters. The lowest BCUT2D eigenvalue weighted by Gasteiger charge is -2.21. The van der Waals surface area contributed by atoms with Crippen molar-refractivity contribution in [2.75, 3.05) is 7.11 Å². The van der Waals surface area contributed by atoms with Gasteiger partial charge >= 0.3 is 0 Å². The second-order valence-corrected chi connectivity index (χ2v) is 5.42. The Hall–Kier alpha value is -2.30. The molecule has 1 amide bonds. The highest BCUT2D eigenvalue weighted by Gasteiger charge is 2.22. The summed E-state index contributed by atoms with van der Waals surface area (Å²) in [6.45, 7) is 3.94. The fourth-order valence-electron chi connectivity index (χ4n) is 2.22. The van der Waals surface area contributed by atoms with Crippen molar-refractivity contribution < 1.29 is 9.53 Å². The molecule has 1 aromatic carbocycles. The minimum absolute atomic E-state index is 0.0268. The number of ether oxygens (including phenoxy) is 1. The number of nitrogens with zero attached hydrogens (tertiary/aromatic N) is 2. The van der Waals surface area contributed by atoms with Crippen LogP contribution in [-0.4, -0.2) is 22.6 Å². The molecule has 0 bridgehead atoms. The van der Waals surface area contributed by atoms with Crippen LogP contribution in [0.25, 0.3) is 0 Å². The van der Waals surface area contributed by atoms with E-state index >= 15 is 0 Å². The van der Waals surface area contributed by atoms with E-state index in [2.05, 4.69) is 10.3 Å². The van der Waals surface area contributed by atoms with Crippen molar-refractivity contribution in [2.24, 2.45) is 13.0 Å². The summed E-state index contributed by atoms with van der Waals surface area (Å²) in [6.07, 6.45) is 4.42. The van der Waals surface area contributed by atoms with Gasteiger partial charge in [-0.15, -0.1) is 0 Å². The summed E-state index contributed by atoms with van der Waals surface area (Å²) in [5, 5.41) is 3.10. The van der Waals surface area contributed by atoms with Gasteiger partial charge in [0.1, 0.15) is 17.6 Å². The predicted octanol–water partition coefficient (Wildman–Crippen LogP) is 2.68. The molecule has 0 spiro atoms. The molecule has 2 rings (SSSR count). The summed E-state index contributed by atoms with van der Waals surface area (Å²) in [7, 11) is 3.56. The average Bonchev–Trinajstić information content (AvgIpc) is 2.97. The van der Waals surface area contributed by atoms with Gasteiger partial charge in [0.2, 0.25) is 5.91 Å². The van der Waals surface area contributed by atoms with Gasteiger partial charge in [0.05, 0.1) is 7.11 Å². The first-order valence-corrected chi connectivity index (χ1v) is 7.48. The lowest BCUT2D eigenvalue weighted by Crippen LogP contribution is -2.34. The Balaban J connectivity index is 2.32. The maximum absolute atomic E-state index is 12.3. The van der Waals surface area contributed by atoms with Crippen molar-refractivity contribution in [1.29, 1.82) is 0 Å². The second-order valence-electron chi connectivity index (χ2n) is 5.42. The van der Waals surface area contributed by atoms with Gasteiger partial charge in [0, 0.05) is 25.4 Å². The molecular weight excluding hydrogens is 278 g/mol. The Morgan fingerprint density at radius 3 is 2.55 bits per heavy atom. The number of imidazole rings is 1. The Kier molecular flexibility index (Phi) is 5.20. The maximum Gasteiger partial charge on any atom is 0.223 e. The normalized spacial score (nSPS) is 13.5. The molecule has 0 saturated heterocycles. The lowest BCUT2D eigenvalue weighted by atomic mass is 10.0. The third kappa shape index (κ3) is 3.47. The van der Waals surface area contributed by atoms with E-state index in [-0.39, 0.29) is 17.9 Å². The third-order valence-corrected chi connectivity index (χ3v) is 3.91. The molecule has 1 N–H and O–H groups in total. The van der Waals surface area contributed by atoms with Gasteiger partial charge in [0.15, 0.2) is 0 Å². The number of benzene rings is 1. The van der Waals surface area contributed by atoms with Gasteiger partial charge in [-0.25, -0.2) is 4.98 Å². The zero-order valence-electron chi connectivity index (χ0n) is 13.5. The summed E-state index contributed by atoms with van der Waals surface area (Å²) in [5.74, 6) is 1.60. The average molecular weight is 301 g/mol. The minimum Gasteiger partial charge on any atom is -0.497 e. The van der Waals surface area contributed by atoms with Crippen LogP contribution in [0.15, 0.2) is 36.7 Å². The van der Waals surface area contributed by atoms with Crippen LogP contribution in [0, 0.1) is 5.92 Å². The number of nitrogens with one attached hydrogen (secondary N) is 1. The van der Waals surface area contributed by atoms with Crippen LogP contribution in [0.2, 0.25) is 0 Å². The predicted molar refractivity (Wildman–Crippen MR) is 85.6 cm³/mol. The van der Waals surface area contributed by atoms with Crippen LogP contribution in [0.5, 0.6) is 5.75 Å². The molecule has 0 saturated carbocycles. The molecule has 5 nitrogen and oxygen atoms in total. The van der Waals surface area contributed by atoms with E-state index < -0.39 is 0 Å². The number of hydrogen-bond donors (Lipinski definition) is 1. The van der Waals surface area contributed by atoms with Crippen LogP contribution >= 0.6 is 0 Å². The highest BCUT2D eigenvalue weighted by Crippen LogP contribution is 2.23. The third-order valence-electron chi connectivity index (χ3n) is 3.91. The number of rotatable bonds is 6. The van der Waals surface area contributed by atoms with E-state index in [1.165, 1.54) is 0 Å². The number of aromatic nitrogens is 2. The summed E-state index contributed by atoms with van der Waals surface area (Å²) in [5.41, 5.74) is 0.978. The smallest absolute Gasteiger partial charge is 0.223 e. The highest BCUT2D eigenvalue weighted by atomic mass is 16.5. The Bertz CT molecular complexity index is 619. The molecule has 0 aliphatic heterocycles. The fraction of sp³-hybridized carbons (Fsp3) is 0.412. The van der Waals surface area contributed by atoms with Crippen LogP contribution in [0.3, 0.4) is 0 Å². The van der Waals surface area contributed by atoms with Gasteiger partial charge in [-0.3, -0.25) is 4.79 Å². The summed E-state index contributed by atoms with van der Waals surface area (Å²) in [4.78, 5) is 16.7. The van der Waals surface area contributed by atoms with E-state index in [4.69, 9.17) is 4.74 Å². The zero-order valence-corrected chi connectivity index (χ0v) is 13.5. The van der Waals surface area contributed by atoms with Crippen LogP contribution in [0.4, 0.5) is 0 Å². The van der Waals surface area contributed by atoms with Crippen LogP contribution in [-0.2, 0) is 11.8 Å². The summed E-state index contributed by atoms with van der Waals surface area (Å²) >= 11 is 0. The zero-order chi connectivity index (χ0) is 16.1. The van der Waals surface area contributed by atoms with E-state index in [1.54, 1.807) is 13.3 Å². The van der Waals surface area contributed by atoms with Crippen molar-refractivity contribution in [3.8, 4) is 5.75 Å². The molecule has 2 unspecified atom stereocenters. The van der Waals surface area contributed by atoms with E-state index in [1.807, 2.05) is 55.9 Å². The summed E-state index contributed by atoms with van der Waals surface area (Å²) < 4.78 is 7.11. The minimum atomic E-state index is -0.271. The second kappa shape index (κ2) is 7.11. The number of amides is 1. The number of methoxy groups -OCH3 is 1. The van der Waals surface area contributed by atoms with E-state index in [0.717, 1.165) is 23.6 Å². The fourth-order valence-corrected chi connectivity index (χ4v) is 2.22. The van der Waals surface area contributed by atoms with Gasteiger partial charge in [-0.05, 0) is 24.1 Å². The molecule has 118 valence electrons. The topological polar surface area (TPSA) is 56.1 Å². The molecular formula is C17H23N3O2. The molecule has 0 aliphatic rings. The van der Waals surface area contributed by atoms with Gasteiger partial charge in [-0.1, -0.05) is 26.0 Å². The first-order chi connectivity index (χ1) is 10.6. The standard InChI is InChI=1S/C17H23N3O2/c1-5-12(2)17(21)19-15(16-18-10-11-20(16)3)13-6-8-14(22-4)9-7-13/h6-12,15H,5H2,1-4H3,(H,19,21). The first kappa shape index (κ1) is 16.1. The highest BCUT2D eigenvalue weighted by molar-refractivity contribution is 5.79. The number of aryl methyl sites for hydroxylation is 1. The molecule has 0 fully saturated rings. The quantitative estimate of drug-likeness (QED) is 0.892. The lowest BCUT2D eigenvalue weighted by molar-refractivity contribution is -0.125. The number of carbonyl (C=O) groups excluding carboxylic acids is 1. The molecule has 0 radical (unpaired) electrons. The van der Waals surface area contributed by atoms with Crippen molar-refractivity contribution in [3.05, 3.63) is 48.0 Å². The SMILES string of the molecule is CCC(C)C(=O)NC(c1ccc(OC)cc1)c1nccn1C. The molecule has 2 aromatic rings. The van der Waals surface area contributed by atoms with Crippen molar-refractivity contribution in [3.63, 3.8) is 0 Å². The van der Waals surface area contributed by atoms with Gasteiger partial charge < -0.3 is 14.6 Å². The Morgan fingerprint density at radius 2 is 2.05 bits per heavy atom. The van der Waals surface area contributed by atoms with Crippen molar-refractivity contribution in [2.45, 2.75) is 26.3 Å². The van der Waals surface area contributed by atoms with E-state index in [0.29, 0.717) is 0 Å². The largest absolute Gasteiger partial charge is 0.497 e. The van der Waals surface area contributed by atoms with Gasteiger partial charge in [0.25, 0.3) is 0 Å². The Morgan fingerprint density at radius 1 is 1.36 bits per heavy atom. The van der Waals surface area contributed by atoms with Crippen LogP contribution in [0.1, 0.15) is 37.7 Å². The molecule has 5 heteroatoms. The number of carbonyl (C=O) groups is 1. The monoisotopic (exact) mass is 301 g/mol. The molecule has 1 aromatic heterocycles. The number of hydrogen-bond acceptors (Lipinski definition) is 3. The van der Waals surface area contributed by atoms with E-state index in [9.17, 15) is 4.79 Å². The van der Waals surface area contributed by atoms with Crippen molar-refractivity contribution >= 4 is 5.91 Å². The van der Waals surface area contributed by atoms with Crippen molar-refractivity contribution in [1.82, 2.24) is 14.9 Å².